The molecule has 7 heteroatoms. The molecule has 3 nitrogen and oxygen atoms in total. The number of hydrogen-bond donors (Lipinski definition) is 1. The Hall–Kier alpha value is -1.47. The summed E-state index contributed by atoms with van der Waals surface area (Å²) in [5.41, 5.74) is 1.10. The summed E-state index contributed by atoms with van der Waals surface area (Å²) < 4.78 is 25.9. The van der Waals surface area contributed by atoms with Crippen LogP contribution in [0.4, 0.5) is 13.9 Å². The van der Waals surface area contributed by atoms with Crippen molar-refractivity contribution >= 4 is 34.1 Å². The van der Waals surface area contributed by atoms with Gasteiger partial charge in [0, 0.05) is 9.77 Å². The highest BCUT2D eigenvalue weighted by atomic mass is 32.2. The number of thioether (sulfide) groups is 1. The van der Waals surface area contributed by atoms with Gasteiger partial charge in [-0.05, 0) is 43.9 Å². The molecule has 0 bridgehead atoms. The molecule has 0 spiro atoms. The van der Waals surface area contributed by atoms with E-state index in [1.165, 1.54) is 28.7 Å². The van der Waals surface area contributed by atoms with Gasteiger partial charge in [-0.15, -0.1) is 23.1 Å². The maximum absolute atomic E-state index is 13.1. The second-order valence-corrected chi connectivity index (χ2v) is 7.14. The number of rotatable bonds is 4. The monoisotopic (exact) mass is 340 g/mol. The maximum atomic E-state index is 13.1. The number of halogens is 2. The molecule has 0 aliphatic heterocycles. The lowest BCUT2D eigenvalue weighted by atomic mass is 10.0. The van der Waals surface area contributed by atoms with E-state index in [9.17, 15) is 13.6 Å². The van der Waals surface area contributed by atoms with E-state index in [4.69, 9.17) is 0 Å². The molecule has 1 aliphatic rings. The fraction of sp³-hybridized carbons (Fsp3) is 0.333. The van der Waals surface area contributed by atoms with Crippen molar-refractivity contribution in [2.45, 2.75) is 30.6 Å². The van der Waals surface area contributed by atoms with E-state index in [1.54, 1.807) is 0 Å². The Bertz CT molecular complexity index is 679. The maximum Gasteiger partial charge on any atom is 0.236 e. The van der Waals surface area contributed by atoms with Crippen LogP contribution in [0.1, 0.15) is 23.4 Å². The predicted octanol–water partition coefficient (Wildman–Crippen LogP) is 4.03. The Kier molecular flexibility index (Phi) is 4.73. The van der Waals surface area contributed by atoms with Crippen LogP contribution in [0.25, 0.3) is 0 Å². The Morgan fingerprint density at radius 2 is 2.09 bits per heavy atom. The topological polar surface area (TPSA) is 42.0 Å². The van der Waals surface area contributed by atoms with Crippen molar-refractivity contribution < 1.29 is 13.6 Å². The van der Waals surface area contributed by atoms with E-state index < -0.39 is 11.6 Å². The number of carbonyl (C=O) groups is 1. The third-order valence-electron chi connectivity index (χ3n) is 3.35. The number of amides is 1. The van der Waals surface area contributed by atoms with Crippen molar-refractivity contribution in [3.05, 3.63) is 40.4 Å². The zero-order chi connectivity index (χ0) is 15.5. The molecule has 3 rings (SSSR count). The van der Waals surface area contributed by atoms with Crippen molar-refractivity contribution in [3.8, 4) is 0 Å². The van der Waals surface area contributed by atoms with Gasteiger partial charge in [-0.3, -0.25) is 4.79 Å². The smallest absolute Gasteiger partial charge is 0.236 e. The minimum Gasteiger partial charge on any atom is -0.301 e. The molecular formula is C15H14F2N2OS2. The van der Waals surface area contributed by atoms with Gasteiger partial charge < -0.3 is 5.32 Å². The van der Waals surface area contributed by atoms with Gasteiger partial charge in [-0.25, -0.2) is 13.8 Å². The van der Waals surface area contributed by atoms with Crippen LogP contribution in [0.3, 0.4) is 0 Å². The van der Waals surface area contributed by atoms with E-state index in [1.807, 2.05) is 0 Å². The van der Waals surface area contributed by atoms with E-state index in [-0.39, 0.29) is 11.7 Å². The number of thiazole rings is 1. The van der Waals surface area contributed by atoms with Crippen molar-refractivity contribution in [2.75, 3.05) is 11.1 Å². The summed E-state index contributed by atoms with van der Waals surface area (Å²) in [7, 11) is 0. The number of nitrogens with zero attached hydrogens (tertiary/aromatic N) is 1. The number of fused-ring (bicyclic) bond motifs is 1. The average molecular weight is 340 g/mol. The molecule has 0 fully saturated rings. The highest BCUT2D eigenvalue weighted by Gasteiger charge is 2.16. The summed E-state index contributed by atoms with van der Waals surface area (Å²) in [5, 5.41) is 3.40. The number of aromatic nitrogens is 1. The molecule has 1 aliphatic carbocycles. The van der Waals surface area contributed by atoms with Crippen LogP contribution in [0.5, 0.6) is 0 Å². The standard InChI is InChI=1S/C15H14F2N2OS2/c16-10-6-5-9(7-11(10)17)21-8-14(20)19-15-18-12-3-1-2-4-13(12)22-15/h5-7H,1-4,8H2,(H,18,19,20). The number of nitrogens with one attached hydrogen (secondary N) is 1. The molecule has 1 N–H and O–H groups in total. The fourth-order valence-corrected chi connectivity index (χ4v) is 4.06. The lowest BCUT2D eigenvalue weighted by Gasteiger charge is -2.06. The van der Waals surface area contributed by atoms with Crippen LogP contribution >= 0.6 is 23.1 Å². The van der Waals surface area contributed by atoms with Crippen molar-refractivity contribution in [2.24, 2.45) is 0 Å². The summed E-state index contributed by atoms with van der Waals surface area (Å²) in [6.07, 6.45) is 4.34. The SMILES string of the molecule is O=C(CSc1ccc(F)c(F)c1)Nc1nc2c(s1)CCCC2. The molecular weight excluding hydrogens is 326 g/mol. The lowest BCUT2D eigenvalue weighted by molar-refractivity contribution is -0.113. The minimum atomic E-state index is -0.905. The summed E-state index contributed by atoms with van der Waals surface area (Å²) in [6.45, 7) is 0. The number of aryl methyl sites for hydroxylation is 2. The molecule has 1 heterocycles. The molecule has 1 aromatic carbocycles. The Balaban J connectivity index is 1.56. The van der Waals surface area contributed by atoms with Crippen LogP contribution < -0.4 is 5.32 Å². The van der Waals surface area contributed by atoms with E-state index in [0.29, 0.717) is 10.0 Å². The zero-order valence-corrected chi connectivity index (χ0v) is 13.3. The van der Waals surface area contributed by atoms with Gasteiger partial charge in [-0.1, -0.05) is 0 Å². The van der Waals surface area contributed by atoms with Gasteiger partial charge >= 0.3 is 0 Å². The van der Waals surface area contributed by atoms with E-state index in [2.05, 4.69) is 10.3 Å². The minimum absolute atomic E-state index is 0.134. The Labute approximate surface area is 135 Å². The van der Waals surface area contributed by atoms with Crippen LogP contribution in [-0.4, -0.2) is 16.6 Å². The van der Waals surface area contributed by atoms with Gasteiger partial charge in [0.1, 0.15) is 0 Å². The van der Waals surface area contributed by atoms with Gasteiger partial charge in [0.05, 0.1) is 11.4 Å². The summed E-state index contributed by atoms with van der Waals surface area (Å²) >= 11 is 2.69. The first-order valence-electron chi connectivity index (χ1n) is 6.98. The highest BCUT2D eigenvalue weighted by Crippen LogP contribution is 2.29. The normalized spacial score (nSPS) is 13.7. The second-order valence-electron chi connectivity index (χ2n) is 5.01. The second kappa shape index (κ2) is 6.75. The van der Waals surface area contributed by atoms with Crippen molar-refractivity contribution in [1.29, 1.82) is 0 Å². The first kappa shape index (κ1) is 15.4. The first-order chi connectivity index (χ1) is 10.6. The van der Waals surface area contributed by atoms with Crippen molar-refractivity contribution in [1.82, 2.24) is 4.98 Å². The quantitative estimate of drug-likeness (QED) is 0.855. The molecule has 0 saturated carbocycles. The van der Waals surface area contributed by atoms with Gasteiger partial charge in [0.25, 0.3) is 0 Å². The third-order valence-corrected chi connectivity index (χ3v) is 5.42. The van der Waals surface area contributed by atoms with E-state index in [0.717, 1.165) is 48.9 Å². The number of benzene rings is 1. The summed E-state index contributed by atoms with van der Waals surface area (Å²) in [5.74, 6) is -1.85. The predicted molar refractivity (Wildman–Crippen MR) is 84.5 cm³/mol. The van der Waals surface area contributed by atoms with Crippen LogP contribution in [0, 0.1) is 11.6 Å². The van der Waals surface area contributed by atoms with Crippen molar-refractivity contribution in [3.63, 3.8) is 0 Å². The molecule has 116 valence electrons. The van der Waals surface area contributed by atoms with Gasteiger partial charge in [-0.2, -0.15) is 0 Å². The van der Waals surface area contributed by atoms with E-state index >= 15 is 0 Å². The Morgan fingerprint density at radius 1 is 1.27 bits per heavy atom. The molecule has 2 aromatic rings. The number of carbonyl (C=O) groups excluding carboxylic acids is 1. The first-order valence-corrected chi connectivity index (χ1v) is 8.78. The lowest BCUT2D eigenvalue weighted by Crippen LogP contribution is -2.13. The number of anilines is 1. The highest BCUT2D eigenvalue weighted by molar-refractivity contribution is 8.00. The van der Waals surface area contributed by atoms with Gasteiger partial charge in [0.2, 0.25) is 5.91 Å². The van der Waals surface area contributed by atoms with Crippen LogP contribution in [0.2, 0.25) is 0 Å². The molecule has 0 unspecified atom stereocenters. The molecule has 22 heavy (non-hydrogen) atoms. The summed E-state index contributed by atoms with van der Waals surface area (Å²) in [4.78, 5) is 18.1. The molecule has 0 radical (unpaired) electrons. The van der Waals surface area contributed by atoms with Crippen LogP contribution in [-0.2, 0) is 17.6 Å². The summed E-state index contributed by atoms with van der Waals surface area (Å²) in [6, 6.07) is 3.61. The molecule has 0 saturated heterocycles. The average Bonchev–Trinajstić information content (AvgIpc) is 2.90. The van der Waals surface area contributed by atoms with Gasteiger partial charge in [0.15, 0.2) is 16.8 Å². The Morgan fingerprint density at radius 3 is 2.86 bits per heavy atom. The molecule has 1 amide bonds. The largest absolute Gasteiger partial charge is 0.301 e. The third kappa shape index (κ3) is 3.64. The zero-order valence-electron chi connectivity index (χ0n) is 11.7. The van der Waals surface area contributed by atoms with Crippen LogP contribution in [0.15, 0.2) is 23.1 Å². The molecule has 0 atom stereocenters. The molecule has 1 aromatic heterocycles. The fourth-order valence-electron chi connectivity index (χ4n) is 2.28. The number of hydrogen-bond acceptors (Lipinski definition) is 4.